The summed E-state index contributed by atoms with van der Waals surface area (Å²) < 4.78 is 7.57. The summed E-state index contributed by atoms with van der Waals surface area (Å²) in [4.78, 5) is 14.7. The van der Waals surface area contributed by atoms with E-state index < -0.39 is 0 Å². The van der Waals surface area contributed by atoms with Crippen molar-refractivity contribution in [3.63, 3.8) is 0 Å². The Labute approximate surface area is 163 Å². The summed E-state index contributed by atoms with van der Waals surface area (Å²) in [5.74, 6) is 1.86. The number of Topliss-reactive ketones (excluding diaryl/α,β-unsaturated/α-hetero) is 1. The molecule has 0 N–H and O–H groups in total. The summed E-state index contributed by atoms with van der Waals surface area (Å²) in [6.45, 7) is 8.51. The molecule has 2 heterocycles. The van der Waals surface area contributed by atoms with Gasteiger partial charge in [0.15, 0.2) is 5.78 Å². The van der Waals surface area contributed by atoms with Gasteiger partial charge in [-0.3, -0.25) is 4.79 Å². The molecule has 0 amide bonds. The molecule has 4 heteroatoms. The fraction of sp³-hybridized carbons (Fsp3) is 0.609. The van der Waals surface area contributed by atoms with Gasteiger partial charge >= 0.3 is 0 Å². The molecule has 4 nitrogen and oxygen atoms in total. The Kier molecular flexibility index (Phi) is 6.95. The SMILES string of the molecule is CCCCC1CCN(CCCn2cc(C(C)=O)c3cc(OC)ccc32)CC1. The molecule has 0 radical (unpaired) electrons. The third kappa shape index (κ3) is 4.92. The number of ketones is 1. The standard InChI is InChI=1S/C23H34N2O2/c1-4-5-7-19-10-14-24(15-11-19)12-6-13-25-17-22(18(2)26)21-16-20(27-3)8-9-23(21)25/h8-9,16-17,19H,4-7,10-15H2,1-3H3. The van der Waals surface area contributed by atoms with Crippen LogP contribution in [0.3, 0.4) is 0 Å². The van der Waals surface area contributed by atoms with E-state index >= 15 is 0 Å². The molecular weight excluding hydrogens is 336 g/mol. The van der Waals surface area contributed by atoms with E-state index in [0.29, 0.717) is 0 Å². The Balaban J connectivity index is 1.57. The van der Waals surface area contributed by atoms with Crippen LogP contribution >= 0.6 is 0 Å². The van der Waals surface area contributed by atoms with Gasteiger partial charge in [0.2, 0.25) is 0 Å². The summed E-state index contributed by atoms with van der Waals surface area (Å²) >= 11 is 0. The number of carbonyl (C=O) groups is 1. The van der Waals surface area contributed by atoms with Gasteiger partial charge in [-0.2, -0.15) is 0 Å². The molecule has 0 saturated carbocycles. The Bertz CT molecular complexity index is 757. The number of fused-ring (bicyclic) bond motifs is 1. The van der Waals surface area contributed by atoms with E-state index in [9.17, 15) is 4.79 Å². The first kappa shape index (κ1) is 19.9. The van der Waals surface area contributed by atoms with E-state index in [1.54, 1.807) is 14.0 Å². The van der Waals surface area contributed by atoms with Crippen LogP contribution in [-0.2, 0) is 6.54 Å². The highest BCUT2D eigenvalue weighted by Gasteiger charge is 2.18. The number of nitrogens with zero attached hydrogens (tertiary/aromatic N) is 2. The predicted octanol–water partition coefficient (Wildman–Crippen LogP) is 5.14. The van der Waals surface area contributed by atoms with Gasteiger partial charge in [-0.05, 0) is 69.9 Å². The van der Waals surface area contributed by atoms with Crippen molar-refractivity contribution < 1.29 is 9.53 Å². The van der Waals surface area contributed by atoms with Gasteiger partial charge in [0.1, 0.15) is 5.75 Å². The third-order valence-electron chi connectivity index (χ3n) is 6.01. The number of ether oxygens (including phenoxy) is 1. The summed E-state index contributed by atoms with van der Waals surface area (Å²) in [6, 6.07) is 6.02. The van der Waals surface area contributed by atoms with Crippen LogP contribution in [0.4, 0.5) is 0 Å². The predicted molar refractivity (Wildman–Crippen MR) is 112 cm³/mol. The number of piperidine rings is 1. The van der Waals surface area contributed by atoms with Crippen molar-refractivity contribution in [3.8, 4) is 5.75 Å². The number of benzene rings is 1. The highest BCUT2D eigenvalue weighted by atomic mass is 16.5. The summed E-state index contributed by atoms with van der Waals surface area (Å²) in [7, 11) is 1.66. The lowest BCUT2D eigenvalue weighted by Crippen LogP contribution is -2.34. The average molecular weight is 371 g/mol. The summed E-state index contributed by atoms with van der Waals surface area (Å²) in [5.41, 5.74) is 1.92. The van der Waals surface area contributed by atoms with Gasteiger partial charge in [0.25, 0.3) is 0 Å². The molecule has 148 valence electrons. The fourth-order valence-electron chi connectivity index (χ4n) is 4.32. The first-order valence-corrected chi connectivity index (χ1v) is 10.5. The maximum atomic E-state index is 12.0. The highest BCUT2D eigenvalue weighted by Crippen LogP contribution is 2.27. The van der Waals surface area contributed by atoms with Crippen LogP contribution in [0.5, 0.6) is 5.75 Å². The second kappa shape index (κ2) is 9.41. The van der Waals surface area contributed by atoms with Gasteiger partial charge < -0.3 is 14.2 Å². The van der Waals surface area contributed by atoms with Crippen molar-refractivity contribution in [3.05, 3.63) is 30.0 Å². The van der Waals surface area contributed by atoms with Crippen LogP contribution in [-0.4, -0.2) is 42.0 Å². The van der Waals surface area contributed by atoms with Crippen molar-refractivity contribution in [1.82, 2.24) is 9.47 Å². The molecule has 1 aliphatic heterocycles. The average Bonchev–Trinajstić information content (AvgIpc) is 3.05. The number of methoxy groups -OCH3 is 1. The topological polar surface area (TPSA) is 34.5 Å². The zero-order valence-electron chi connectivity index (χ0n) is 17.2. The quantitative estimate of drug-likeness (QED) is 0.573. The van der Waals surface area contributed by atoms with Crippen molar-refractivity contribution in [2.45, 2.75) is 58.9 Å². The molecule has 1 aromatic carbocycles. The zero-order valence-corrected chi connectivity index (χ0v) is 17.2. The number of likely N-dealkylation sites (tertiary alicyclic amines) is 1. The Hall–Kier alpha value is -1.81. The van der Waals surface area contributed by atoms with Gasteiger partial charge in [-0.15, -0.1) is 0 Å². The van der Waals surface area contributed by atoms with Gasteiger partial charge in [-0.1, -0.05) is 26.2 Å². The summed E-state index contributed by atoms with van der Waals surface area (Å²) in [5, 5.41) is 0.999. The van der Waals surface area contributed by atoms with Gasteiger partial charge in [-0.25, -0.2) is 0 Å². The minimum atomic E-state index is 0.112. The van der Waals surface area contributed by atoms with Gasteiger partial charge in [0.05, 0.1) is 7.11 Å². The molecule has 2 aromatic rings. The van der Waals surface area contributed by atoms with Crippen LogP contribution < -0.4 is 4.74 Å². The van der Waals surface area contributed by atoms with Crippen LogP contribution in [0.2, 0.25) is 0 Å². The number of unbranched alkanes of at least 4 members (excludes halogenated alkanes) is 1. The fourth-order valence-corrected chi connectivity index (χ4v) is 4.32. The lowest BCUT2D eigenvalue weighted by molar-refractivity contribution is 0.101. The number of rotatable bonds is 9. The van der Waals surface area contributed by atoms with Crippen LogP contribution in [0.1, 0.15) is 62.7 Å². The molecule has 0 spiro atoms. The maximum Gasteiger partial charge on any atom is 0.161 e. The first-order chi connectivity index (χ1) is 13.1. The van der Waals surface area contributed by atoms with Crippen molar-refractivity contribution in [2.24, 2.45) is 5.92 Å². The lowest BCUT2D eigenvalue weighted by Gasteiger charge is -2.32. The number of hydrogen-bond donors (Lipinski definition) is 0. The number of aromatic nitrogens is 1. The lowest BCUT2D eigenvalue weighted by atomic mass is 9.91. The van der Waals surface area contributed by atoms with Crippen molar-refractivity contribution in [1.29, 1.82) is 0 Å². The minimum Gasteiger partial charge on any atom is -0.497 e. The normalized spacial score (nSPS) is 16.1. The molecule has 1 aliphatic rings. The molecule has 3 rings (SSSR count). The summed E-state index contributed by atoms with van der Waals surface area (Å²) in [6.07, 6.45) is 9.97. The monoisotopic (exact) mass is 370 g/mol. The molecule has 0 bridgehead atoms. The van der Waals surface area contributed by atoms with E-state index in [1.165, 1.54) is 45.2 Å². The Morgan fingerprint density at radius 2 is 1.96 bits per heavy atom. The molecule has 1 aromatic heterocycles. The van der Waals surface area contributed by atoms with E-state index in [2.05, 4.69) is 22.5 Å². The van der Waals surface area contributed by atoms with E-state index in [1.807, 2.05) is 18.3 Å². The van der Waals surface area contributed by atoms with E-state index in [0.717, 1.165) is 47.6 Å². The van der Waals surface area contributed by atoms with Crippen molar-refractivity contribution >= 4 is 16.7 Å². The molecule has 1 fully saturated rings. The molecule has 0 unspecified atom stereocenters. The molecule has 27 heavy (non-hydrogen) atoms. The highest BCUT2D eigenvalue weighted by molar-refractivity contribution is 6.07. The molecule has 0 atom stereocenters. The second-order valence-electron chi connectivity index (χ2n) is 7.96. The minimum absolute atomic E-state index is 0.112. The van der Waals surface area contributed by atoms with Gasteiger partial charge in [0, 0.05) is 29.2 Å². The van der Waals surface area contributed by atoms with Crippen LogP contribution in [0.25, 0.3) is 10.9 Å². The van der Waals surface area contributed by atoms with Crippen molar-refractivity contribution in [2.75, 3.05) is 26.7 Å². The zero-order chi connectivity index (χ0) is 19.2. The smallest absolute Gasteiger partial charge is 0.161 e. The largest absolute Gasteiger partial charge is 0.497 e. The number of carbonyl (C=O) groups excluding carboxylic acids is 1. The van der Waals surface area contributed by atoms with Crippen LogP contribution in [0.15, 0.2) is 24.4 Å². The number of aryl methyl sites for hydroxylation is 1. The Morgan fingerprint density at radius 1 is 1.19 bits per heavy atom. The molecular formula is C23H34N2O2. The third-order valence-corrected chi connectivity index (χ3v) is 6.01. The molecule has 1 saturated heterocycles. The maximum absolute atomic E-state index is 12.0. The molecule has 0 aliphatic carbocycles. The second-order valence-corrected chi connectivity index (χ2v) is 7.96. The van der Waals surface area contributed by atoms with Crippen LogP contribution in [0, 0.1) is 5.92 Å². The Morgan fingerprint density at radius 3 is 2.63 bits per heavy atom. The van der Waals surface area contributed by atoms with E-state index in [-0.39, 0.29) is 5.78 Å². The van der Waals surface area contributed by atoms with E-state index in [4.69, 9.17) is 4.74 Å². The first-order valence-electron chi connectivity index (χ1n) is 10.5. The number of hydrogen-bond acceptors (Lipinski definition) is 3.